The van der Waals surface area contributed by atoms with Crippen LogP contribution in [0.3, 0.4) is 0 Å². The minimum absolute atomic E-state index is 0.203. The lowest BCUT2D eigenvalue weighted by Crippen LogP contribution is -1.97. The Labute approximate surface area is 185 Å². The van der Waals surface area contributed by atoms with Crippen molar-refractivity contribution in [1.29, 1.82) is 5.26 Å². The highest BCUT2D eigenvalue weighted by Gasteiger charge is 2.15. The van der Waals surface area contributed by atoms with Gasteiger partial charge in [-0.25, -0.2) is 0 Å². The third-order valence-electron chi connectivity index (χ3n) is 4.36. The van der Waals surface area contributed by atoms with Gasteiger partial charge in [0.25, 0.3) is 0 Å². The van der Waals surface area contributed by atoms with Gasteiger partial charge in [0.05, 0.1) is 20.6 Å². The molecule has 0 aromatic heterocycles. The van der Waals surface area contributed by atoms with Gasteiger partial charge < -0.3 is 14.2 Å². The van der Waals surface area contributed by atoms with Crippen molar-refractivity contribution in [1.82, 2.24) is 0 Å². The summed E-state index contributed by atoms with van der Waals surface area (Å²) in [6.07, 6.45) is 1.83. The van der Waals surface area contributed by atoms with E-state index in [0.29, 0.717) is 29.4 Å². The predicted octanol–water partition coefficient (Wildman–Crippen LogP) is 6.58. The molecule has 0 unspecified atom stereocenters. The second-order valence-electron chi connectivity index (χ2n) is 6.33. The summed E-state index contributed by atoms with van der Waals surface area (Å²) in [4.78, 5) is 0. The van der Waals surface area contributed by atoms with Crippen LogP contribution in [0.1, 0.15) is 16.7 Å². The lowest BCUT2D eigenvalue weighted by molar-refractivity contribution is 0.174. The molecule has 0 N–H and O–H groups in total. The van der Waals surface area contributed by atoms with Gasteiger partial charge >= 0.3 is 0 Å². The first-order chi connectivity index (χ1) is 14.1. The number of nitrogens with zero attached hydrogens (tertiary/aromatic N) is 1. The number of nitriles is 1. The van der Waals surface area contributed by atoms with E-state index in [1.54, 1.807) is 0 Å². The van der Waals surface area contributed by atoms with Gasteiger partial charge in [0, 0.05) is 0 Å². The fourth-order valence-electron chi connectivity index (χ4n) is 2.94. The first kappa shape index (κ1) is 19.6. The quantitative estimate of drug-likeness (QED) is 0.286. The van der Waals surface area contributed by atoms with E-state index in [0.717, 1.165) is 25.6 Å². The molecule has 1 aliphatic rings. The van der Waals surface area contributed by atoms with Crippen molar-refractivity contribution in [2.45, 2.75) is 6.61 Å². The number of halogens is 2. The topological polar surface area (TPSA) is 51.5 Å². The van der Waals surface area contributed by atoms with E-state index in [4.69, 9.17) is 14.2 Å². The molecule has 0 radical (unpaired) electrons. The highest BCUT2D eigenvalue weighted by atomic mass is 79.9. The number of fused-ring (bicyclic) bond motifs is 1. The van der Waals surface area contributed by atoms with Gasteiger partial charge in [-0.1, -0.05) is 30.3 Å². The van der Waals surface area contributed by atoms with Crippen LogP contribution in [0.4, 0.5) is 0 Å². The van der Waals surface area contributed by atoms with Crippen LogP contribution in [0.25, 0.3) is 11.6 Å². The van der Waals surface area contributed by atoms with Crippen LogP contribution in [0.5, 0.6) is 17.2 Å². The van der Waals surface area contributed by atoms with Crippen LogP contribution >= 0.6 is 31.9 Å². The fraction of sp³-hybridized carbons (Fsp3) is 0.0870. The first-order valence-electron chi connectivity index (χ1n) is 8.81. The molecule has 0 bridgehead atoms. The number of hydrogen-bond donors (Lipinski definition) is 0. The van der Waals surface area contributed by atoms with Gasteiger partial charge in [-0.3, -0.25) is 0 Å². The maximum absolute atomic E-state index is 9.65. The Balaban J connectivity index is 1.59. The molecule has 0 atom stereocenters. The van der Waals surface area contributed by atoms with Gasteiger partial charge in [-0.15, -0.1) is 0 Å². The molecule has 3 aromatic rings. The Kier molecular flexibility index (Phi) is 5.89. The van der Waals surface area contributed by atoms with E-state index in [2.05, 4.69) is 37.9 Å². The maximum Gasteiger partial charge on any atom is 0.231 e. The fourth-order valence-corrected chi connectivity index (χ4v) is 4.39. The van der Waals surface area contributed by atoms with Crippen LogP contribution in [-0.4, -0.2) is 6.79 Å². The zero-order valence-electron chi connectivity index (χ0n) is 15.2. The van der Waals surface area contributed by atoms with Crippen molar-refractivity contribution < 1.29 is 14.2 Å². The highest BCUT2D eigenvalue weighted by Crippen LogP contribution is 2.38. The van der Waals surface area contributed by atoms with Crippen LogP contribution in [0, 0.1) is 11.3 Å². The average molecular weight is 513 g/mol. The van der Waals surface area contributed by atoms with Crippen molar-refractivity contribution >= 4 is 43.5 Å². The molecule has 3 aromatic carbocycles. The summed E-state index contributed by atoms with van der Waals surface area (Å²) in [5.74, 6) is 2.06. The molecule has 4 nitrogen and oxygen atoms in total. The molecule has 6 heteroatoms. The minimum atomic E-state index is 0.203. The van der Waals surface area contributed by atoms with Crippen molar-refractivity contribution in [2.24, 2.45) is 0 Å². The van der Waals surface area contributed by atoms with E-state index in [9.17, 15) is 5.26 Å². The smallest absolute Gasteiger partial charge is 0.231 e. The van der Waals surface area contributed by atoms with E-state index in [1.165, 1.54) is 0 Å². The minimum Gasteiger partial charge on any atom is -0.487 e. The molecule has 144 valence electrons. The Morgan fingerprint density at radius 3 is 2.45 bits per heavy atom. The summed E-state index contributed by atoms with van der Waals surface area (Å²) in [6.45, 7) is 0.669. The lowest BCUT2D eigenvalue weighted by Gasteiger charge is -2.12. The summed E-state index contributed by atoms with van der Waals surface area (Å²) in [5.41, 5.74) is 3.25. The third kappa shape index (κ3) is 4.47. The Morgan fingerprint density at radius 1 is 1.00 bits per heavy atom. The van der Waals surface area contributed by atoms with Gasteiger partial charge in [0.1, 0.15) is 12.4 Å². The Hall–Kier alpha value is -2.75. The zero-order valence-corrected chi connectivity index (χ0v) is 18.4. The second-order valence-corrected chi connectivity index (χ2v) is 8.03. The Morgan fingerprint density at radius 2 is 1.72 bits per heavy atom. The van der Waals surface area contributed by atoms with Crippen LogP contribution in [-0.2, 0) is 6.61 Å². The molecule has 1 aliphatic heterocycles. The lowest BCUT2D eigenvalue weighted by atomic mass is 10.0. The number of benzene rings is 3. The van der Waals surface area contributed by atoms with Gasteiger partial charge in [-0.2, -0.15) is 5.26 Å². The summed E-state index contributed by atoms with van der Waals surface area (Å²) < 4.78 is 18.3. The van der Waals surface area contributed by atoms with Crippen molar-refractivity contribution in [3.8, 4) is 23.3 Å². The van der Waals surface area contributed by atoms with Crippen LogP contribution < -0.4 is 14.2 Å². The first-order valence-corrected chi connectivity index (χ1v) is 10.4. The van der Waals surface area contributed by atoms with Crippen molar-refractivity contribution in [3.63, 3.8) is 0 Å². The molecule has 0 saturated carbocycles. The molecule has 0 spiro atoms. The van der Waals surface area contributed by atoms with E-state index >= 15 is 0 Å². The predicted molar refractivity (Wildman–Crippen MR) is 119 cm³/mol. The van der Waals surface area contributed by atoms with Crippen molar-refractivity contribution in [3.05, 3.63) is 86.3 Å². The van der Waals surface area contributed by atoms with Crippen LogP contribution in [0.2, 0.25) is 0 Å². The molecule has 0 amide bonds. The molecule has 4 rings (SSSR count). The molecule has 1 heterocycles. The molecular weight excluding hydrogens is 498 g/mol. The summed E-state index contributed by atoms with van der Waals surface area (Å²) >= 11 is 7.15. The summed E-state index contributed by atoms with van der Waals surface area (Å²) in [6, 6.07) is 21.6. The summed E-state index contributed by atoms with van der Waals surface area (Å²) in [5, 5.41) is 9.65. The van der Waals surface area contributed by atoms with Crippen molar-refractivity contribution in [2.75, 3.05) is 6.79 Å². The van der Waals surface area contributed by atoms with Gasteiger partial charge in [-0.05, 0) is 85.0 Å². The number of ether oxygens (including phenoxy) is 3. The zero-order chi connectivity index (χ0) is 20.2. The maximum atomic E-state index is 9.65. The van der Waals surface area contributed by atoms with E-state index in [-0.39, 0.29) is 6.79 Å². The number of allylic oxidation sites excluding steroid dienone is 1. The SMILES string of the molecule is N#C/C(=C/c1cc(Br)c(OCc2ccccc2)c(Br)c1)c1ccc2c(c1)OCO2. The highest BCUT2D eigenvalue weighted by molar-refractivity contribution is 9.11. The molecule has 0 saturated heterocycles. The van der Waals surface area contributed by atoms with Gasteiger partial charge in [0.15, 0.2) is 11.5 Å². The van der Waals surface area contributed by atoms with E-state index in [1.807, 2.05) is 66.7 Å². The summed E-state index contributed by atoms with van der Waals surface area (Å²) in [7, 11) is 0. The molecule has 0 aliphatic carbocycles. The monoisotopic (exact) mass is 511 g/mol. The molecular formula is C23H15Br2NO3. The second kappa shape index (κ2) is 8.73. The molecule has 0 fully saturated rings. The average Bonchev–Trinajstić information content (AvgIpc) is 3.20. The molecule has 29 heavy (non-hydrogen) atoms. The number of rotatable bonds is 5. The standard InChI is InChI=1S/C23H15Br2NO3/c24-19-9-16(10-20(25)23(19)27-13-15-4-2-1-3-5-15)8-18(12-26)17-6-7-21-22(11-17)29-14-28-21/h1-11H,13-14H2/b18-8-. The Bertz CT molecular complexity index is 1100. The van der Waals surface area contributed by atoms with Gasteiger partial charge in [0.2, 0.25) is 6.79 Å². The normalized spacial score (nSPS) is 12.5. The third-order valence-corrected chi connectivity index (χ3v) is 5.54. The largest absolute Gasteiger partial charge is 0.487 e. The van der Waals surface area contributed by atoms with Crippen LogP contribution in [0.15, 0.2) is 69.6 Å². The van der Waals surface area contributed by atoms with E-state index < -0.39 is 0 Å². The number of hydrogen-bond acceptors (Lipinski definition) is 4.